The molecule has 0 aliphatic heterocycles. The Balaban J connectivity index is 3.06. The molecule has 15 heavy (non-hydrogen) atoms. The maximum Gasteiger partial charge on any atom is 0.271 e. The minimum atomic E-state index is -0.382. The van der Waals surface area contributed by atoms with Crippen molar-refractivity contribution in [2.75, 3.05) is 5.32 Å². The highest BCUT2D eigenvalue weighted by atomic mass is 16.6. The van der Waals surface area contributed by atoms with E-state index in [2.05, 4.69) is 5.32 Å². The van der Waals surface area contributed by atoms with Gasteiger partial charge in [0, 0.05) is 23.4 Å². The summed E-state index contributed by atoms with van der Waals surface area (Å²) in [6, 6.07) is 4.84. The lowest BCUT2D eigenvalue weighted by molar-refractivity contribution is -0.384. The molecule has 0 heterocycles. The van der Waals surface area contributed by atoms with Crippen molar-refractivity contribution < 1.29 is 4.92 Å². The summed E-state index contributed by atoms with van der Waals surface area (Å²) in [5, 5.41) is 13.8. The quantitative estimate of drug-likeness (QED) is 0.600. The van der Waals surface area contributed by atoms with E-state index in [4.69, 9.17) is 0 Å². The SMILES string of the molecule is Cc1ccc([N+](=O)[O-])cc1NC(C)(C)C. The van der Waals surface area contributed by atoms with Crippen molar-refractivity contribution in [1.29, 1.82) is 0 Å². The van der Waals surface area contributed by atoms with E-state index in [-0.39, 0.29) is 16.1 Å². The van der Waals surface area contributed by atoms with Crippen molar-refractivity contribution in [2.24, 2.45) is 0 Å². The molecular weight excluding hydrogens is 192 g/mol. The molecule has 0 unspecified atom stereocenters. The third-order valence-electron chi connectivity index (χ3n) is 1.94. The van der Waals surface area contributed by atoms with E-state index in [0.717, 1.165) is 11.3 Å². The minimum Gasteiger partial charge on any atom is -0.380 e. The van der Waals surface area contributed by atoms with E-state index in [0.29, 0.717) is 0 Å². The number of rotatable bonds is 2. The van der Waals surface area contributed by atoms with Crippen LogP contribution in [0.4, 0.5) is 11.4 Å². The van der Waals surface area contributed by atoms with Crippen molar-refractivity contribution in [1.82, 2.24) is 0 Å². The number of hydrogen-bond acceptors (Lipinski definition) is 3. The van der Waals surface area contributed by atoms with Crippen molar-refractivity contribution in [3.8, 4) is 0 Å². The standard InChI is InChI=1S/C11H16N2O2/c1-8-5-6-9(13(14)15)7-10(8)12-11(2,3)4/h5-7,12H,1-4H3. The molecule has 0 fully saturated rings. The van der Waals surface area contributed by atoms with Crippen LogP contribution in [0.1, 0.15) is 26.3 Å². The van der Waals surface area contributed by atoms with E-state index in [1.807, 2.05) is 27.7 Å². The Morgan fingerprint density at radius 2 is 1.93 bits per heavy atom. The molecule has 0 aliphatic carbocycles. The van der Waals surface area contributed by atoms with E-state index in [1.165, 1.54) is 6.07 Å². The van der Waals surface area contributed by atoms with Crippen molar-refractivity contribution in [2.45, 2.75) is 33.2 Å². The van der Waals surface area contributed by atoms with Crippen LogP contribution >= 0.6 is 0 Å². The van der Waals surface area contributed by atoms with Crippen LogP contribution in [0.3, 0.4) is 0 Å². The summed E-state index contributed by atoms with van der Waals surface area (Å²) in [6.45, 7) is 7.99. The summed E-state index contributed by atoms with van der Waals surface area (Å²) in [5.41, 5.74) is 1.85. The summed E-state index contributed by atoms with van der Waals surface area (Å²) in [4.78, 5) is 10.2. The highest BCUT2D eigenvalue weighted by Gasteiger charge is 2.14. The van der Waals surface area contributed by atoms with Crippen LogP contribution in [0, 0.1) is 17.0 Å². The van der Waals surface area contributed by atoms with E-state index in [9.17, 15) is 10.1 Å². The normalized spacial score (nSPS) is 11.2. The molecule has 82 valence electrons. The summed E-state index contributed by atoms with van der Waals surface area (Å²) < 4.78 is 0. The van der Waals surface area contributed by atoms with Gasteiger partial charge in [-0.1, -0.05) is 6.07 Å². The van der Waals surface area contributed by atoms with E-state index >= 15 is 0 Å². The van der Waals surface area contributed by atoms with Crippen LogP contribution in [0.5, 0.6) is 0 Å². The predicted molar refractivity (Wildman–Crippen MR) is 61.2 cm³/mol. The third kappa shape index (κ3) is 3.23. The fourth-order valence-corrected chi connectivity index (χ4v) is 1.26. The Kier molecular flexibility index (Phi) is 2.98. The largest absolute Gasteiger partial charge is 0.380 e. The molecule has 0 amide bonds. The zero-order valence-electron chi connectivity index (χ0n) is 9.50. The van der Waals surface area contributed by atoms with E-state index in [1.54, 1.807) is 12.1 Å². The monoisotopic (exact) mass is 208 g/mol. The topological polar surface area (TPSA) is 55.2 Å². The molecule has 1 N–H and O–H groups in total. The van der Waals surface area contributed by atoms with Crippen molar-refractivity contribution >= 4 is 11.4 Å². The van der Waals surface area contributed by atoms with Crippen LogP contribution in [0.25, 0.3) is 0 Å². The first kappa shape index (κ1) is 11.5. The highest BCUT2D eigenvalue weighted by Crippen LogP contribution is 2.24. The van der Waals surface area contributed by atoms with Gasteiger partial charge in [0.15, 0.2) is 0 Å². The van der Waals surface area contributed by atoms with Crippen LogP contribution in [0.2, 0.25) is 0 Å². The first-order valence-corrected chi connectivity index (χ1v) is 4.83. The number of nitrogens with one attached hydrogen (secondary N) is 1. The summed E-state index contributed by atoms with van der Waals surface area (Å²) in [6.07, 6.45) is 0. The molecule has 0 bridgehead atoms. The smallest absolute Gasteiger partial charge is 0.271 e. The Labute approximate surface area is 89.5 Å². The first-order chi connectivity index (χ1) is 6.79. The molecule has 1 aromatic carbocycles. The maximum absolute atomic E-state index is 10.6. The molecule has 1 rings (SSSR count). The summed E-state index contributed by atoms with van der Waals surface area (Å²) >= 11 is 0. The summed E-state index contributed by atoms with van der Waals surface area (Å²) in [7, 11) is 0. The van der Waals surface area contributed by atoms with Crippen LogP contribution in [0.15, 0.2) is 18.2 Å². The van der Waals surface area contributed by atoms with Gasteiger partial charge in [-0.25, -0.2) is 0 Å². The number of hydrogen-bond donors (Lipinski definition) is 1. The van der Waals surface area contributed by atoms with Gasteiger partial charge in [-0.3, -0.25) is 10.1 Å². The minimum absolute atomic E-state index is 0.0972. The average molecular weight is 208 g/mol. The van der Waals surface area contributed by atoms with Gasteiger partial charge in [0.1, 0.15) is 0 Å². The van der Waals surface area contributed by atoms with Crippen molar-refractivity contribution in [3.05, 3.63) is 33.9 Å². The molecule has 0 aliphatic rings. The number of nitrogens with zero attached hydrogens (tertiary/aromatic N) is 1. The predicted octanol–water partition coefficient (Wildman–Crippen LogP) is 3.11. The van der Waals surface area contributed by atoms with E-state index < -0.39 is 0 Å². The zero-order valence-corrected chi connectivity index (χ0v) is 9.50. The van der Waals surface area contributed by atoms with Crippen LogP contribution in [-0.2, 0) is 0 Å². The number of nitro benzene ring substituents is 1. The molecule has 4 nitrogen and oxygen atoms in total. The number of anilines is 1. The maximum atomic E-state index is 10.6. The van der Waals surface area contributed by atoms with Gasteiger partial charge < -0.3 is 5.32 Å². The second-order valence-corrected chi connectivity index (χ2v) is 4.63. The molecule has 0 spiro atoms. The Morgan fingerprint density at radius 1 is 1.33 bits per heavy atom. The van der Waals surface area contributed by atoms with Gasteiger partial charge in [-0.05, 0) is 33.3 Å². The molecule has 0 saturated heterocycles. The molecule has 1 aromatic rings. The second kappa shape index (κ2) is 3.88. The number of non-ortho nitro benzene ring substituents is 1. The second-order valence-electron chi connectivity index (χ2n) is 4.63. The number of aryl methyl sites for hydroxylation is 1. The number of benzene rings is 1. The summed E-state index contributed by atoms with van der Waals surface area (Å²) in [5.74, 6) is 0. The van der Waals surface area contributed by atoms with Crippen LogP contribution in [-0.4, -0.2) is 10.5 Å². The molecule has 0 aromatic heterocycles. The molecule has 0 radical (unpaired) electrons. The fourth-order valence-electron chi connectivity index (χ4n) is 1.26. The zero-order chi connectivity index (χ0) is 11.6. The Hall–Kier alpha value is -1.58. The molecule has 4 heteroatoms. The van der Waals surface area contributed by atoms with Gasteiger partial charge in [-0.15, -0.1) is 0 Å². The van der Waals surface area contributed by atoms with Gasteiger partial charge in [0.2, 0.25) is 0 Å². The average Bonchev–Trinajstić information content (AvgIpc) is 2.06. The first-order valence-electron chi connectivity index (χ1n) is 4.83. The lowest BCUT2D eigenvalue weighted by Gasteiger charge is -2.23. The third-order valence-corrected chi connectivity index (χ3v) is 1.94. The van der Waals surface area contributed by atoms with Gasteiger partial charge in [0.25, 0.3) is 5.69 Å². The lowest BCUT2D eigenvalue weighted by Crippen LogP contribution is -2.26. The van der Waals surface area contributed by atoms with Crippen molar-refractivity contribution in [3.63, 3.8) is 0 Å². The number of nitro groups is 1. The Bertz CT molecular complexity index is 381. The van der Waals surface area contributed by atoms with Gasteiger partial charge in [0.05, 0.1) is 4.92 Å². The van der Waals surface area contributed by atoms with Crippen LogP contribution < -0.4 is 5.32 Å². The molecular formula is C11H16N2O2. The lowest BCUT2D eigenvalue weighted by atomic mass is 10.1. The Morgan fingerprint density at radius 3 is 2.40 bits per heavy atom. The molecule has 0 saturated carbocycles. The fraction of sp³-hybridized carbons (Fsp3) is 0.455. The highest BCUT2D eigenvalue weighted by molar-refractivity contribution is 5.57. The van der Waals surface area contributed by atoms with Gasteiger partial charge >= 0.3 is 0 Å². The van der Waals surface area contributed by atoms with Gasteiger partial charge in [-0.2, -0.15) is 0 Å². The molecule has 0 atom stereocenters.